The van der Waals surface area contributed by atoms with Crippen molar-refractivity contribution in [1.29, 1.82) is 0 Å². The Morgan fingerprint density at radius 2 is 2.28 bits per heavy atom. The summed E-state index contributed by atoms with van der Waals surface area (Å²) < 4.78 is 1.19. The molecule has 0 amide bonds. The van der Waals surface area contributed by atoms with Crippen LogP contribution in [0.25, 0.3) is 0 Å². The van der Waals surface area contributed by atoms with Crippen molar-refractivity contribution in [2.24, 2.45) is 0 Å². The van der Waals surface area contributed by atoms with Gasteiger partial charge in [0.05, 0.1) is 0 Å². The van der Waals surface area contributed by atoms with Crippen molar-refractivity contribution in [3.63, 3.8) is 0 Å². The second kappa shape index (κ2) is 7.56. The molecule has 1 atom stereocenters. The van der Waals surface area contributed by atoms with Gasteiger partial charge < -0.3 is 5.32 Å². The highest BCUT2D eigenvalue weighted by molar-refractivity contribution is 9.10. The minimum Gasteiger partial charge on any atom is -0.313 e. The van der Waals surface area contributed by atoms with Crippen molar-refractivity contribution in [1.82, 2.24) is 5.32 Å². The van der Waals surface area contributed by atoms with Gasteiger partial charge in [0.1, 0.15) is 0 Å². The molecule has 1 aromatic carbocycles. The fraction of sp³-hybridized carbons (Fsp3) is 0.600. The highest BCUT2D eigenvalue weighted by atomic mass is 79.9. The van der Waals surface area contributed by atoms with Crippen molar-refractivity contribution in [2.45, 2.75) is 38.1 Å². The number of nitrogens with one attached hydrogen (secondary N) is 1. The zero-order valence-electron chi connectivity index (χ0n) is 11.0. The van der Waals surface area contributed by atoms with Gasteiger partial charge >= 0.3 is 0 Å². The van der Waals surface area contributed by atoms with Gasteiger partial charge in [-0.3, -0.25) is 0 Å². The molecular weight excluding hydrogens is 306 g/mol. The monoisotopic (exact) mass is 327 g/mol. The van der Waals surface area contributed by atoms with Gasteiger partial charge in [0.25, 0.3) is 0 Å². The third kappa shape index (κ3) is 4.94. The predicted octanol–water partition coefficient (Wildman–Crippen LogP) is 4.43. The largest absolute Gasteiger partial charge is 0.313 e. The quantitative estimate of drug-likeness (QED) is 0.709. The number of hydrogen-bond donors (Lipinski definition) is 1. The molecular formula is C15H22BrNS. The highest BCUT2D eigenvalue weighted by Gasteiger charge is 2.22. The van der Waals surface area contributed by atoms with E-state index in [9.17, 15) is 0 Å². The Morgan fingerprint density at radius 1 is 1.44 bits per heavy atom. The molecule has 1 aromatic rings. The maximum atomic E-state index is 3.68. The maximum Gasteiger partial charge on any atom is 0.0178 e. The Morgan fingerprint density at radius 3 is 2.94 bits per heavy atom. The smallest absolute Gasteiger partial charge is 0.0178 e. The second-order valence-electron chi connectivity index (χ2n) is 4.92. The first-order chi connectivity index (χ1) is 8.79. The van der Waals surface area contributed by atoms with E-state index in [0.29, 0.717) is 5.92 Å². The lowest BCUT2D eigenvalue weighted by Gasteiger charge is -2.18. The Hall–Kier alpha value is 0.01000. The summed E-state index contributed by atoms with van der Waals surface area (Å²) in [7, 11) is 0. The van der Waals surface area contributed by atoms with Crippen LogP contribution in [0.1, 0.15) is 37.7 Å². The summed E-state index contributed by atoms with van der Waals surface area (Å²) in [6.45, 7) is 3.37. The fourth-order valence-electron chi connectivity index (χ4n) is 2.11. The number of hydrogen-bond acceptors (Lipinski definition) is 2. The standard InChI is InChI=1S/C15H22BrNS/c1-2-18-9-8-13(11-17-15-6-7-15)12-4-3-5-14(16)10-12/h3-5,10,13,15,17H,2,6-9,11H2,1H3. The summed E-state index contributed by atoms with van der Waals surface area (Å²) in [6, 6.07) is 9.60. The molecule has 1 saturated carbocycles. The molecule has 3 heteroatoms. The summed E-state index contributed by atoms with van der Waals surface area (Å²) in [5, 5.41) is 3.68. The van der Waals surface area contributed by atoms with Crippen LogP contribution < -0.4 is 5.32 Å². The molecule has 100 valence electrons. The summed E-state index contributed by atoms with van der Waals surface area (Å²) in [5.74, 6) is 3.14. The van der Waals surface area contributed by atoms with E-state index < -0.39 is 0 Å². The predicted molar refractivity (Wildman–Crippen MR) is 85.5 cm³/mol. The second-order valence-corrected chi connectivity index (χ2v) is 7.23. The average molecular weight is 328 g/mol. The topological polar surface area (TPSA) is 12.0 Å². The Labute approximate surface area is 123 Å². The molecule has 0 heterocycles. The van der Waals surface area contributed by atoms with E-state index in [0.717, 1.165) is 12.6 Å². The van der Waals surface area contributed by atoms with Gasteiger partial charge in [-0.05, 0) is 54.4 Å². The lowest BCUT2D eigenvalue weighted by atomic mass is 9.96. The van der Waals surface area contributed by atoms with Crippen LogP contribution >= 0.6 is 27.7 Å². The molecule has 0 radical (unpaired) electrons. The molecule has 0 aromatic heterocycles. The van der Waals surface area contributed by atoms with Crippen LogP contribution in [0, 0.1) is 0 Å². The van der Waals surface area contributed by atoms with Crippen LogP contribution in [0.3, 0.4) is 0 Å². The molecule has 18 heavy (non-hydrogen) atoms. The van der Waals surface area contributed by atoms with Crippen LogP contribution in [0.2, 0.25) is 0 Å². The number of halogens is 1. The van der Waals surface area contributed by atoms with Crippen LogP contribution in [-0.2, 0) is 0 Å². The molecule has 2 rings (SSSR count). The molecule has 0 aliphatic heterocycles. The van der Waals surface area contributed by atoms with Crippen LogP contribution in [0.15, 0.2) is 28.7 Å². The van der Waals surface area contributed by atoms with Gasteiger partial charge in [0.15, 0.2) is 0 Å². The molecule has 1 fully saturated rings. The van der Waals surface area contributed by atoms with Gasteiger partial charge in [-0.15, -0.1) is 0 Å². The molecule has 1 aliphatic rings. The first-order valence-corrected chi connectivity index (χ1v) is 8.81. The van der Waals surface area contributed by atoms with Gasteiger partial charge in [0, 0.05) is 17.1 Å². The van der Waals surface area contributed by atoms with Crippen LogP contribution in [0.4, 0.5) is 0 Å². The third-order valence-corrected chi connectivity index (χ3v) is 4.79. The van der Waals surface area contributed by atoms with Crippen molar-refractivity contribution in [3.8, 4) is 0 Å². The van der Waals surface area contributed by atoms with E-state index >= 15 is 0 Å². The van der Waals surface area contributed by atoms with E-state index in [1.54, 1.807) is 0 Å². The molecule has 1 aliphatic carbocycles. The average Bonchev–Trinajstić information content (AvgIpc) is 3.17. The Balaban J connectivity index is 1.92. The highest BCUT2D eigenvalue weighted by Crippen LogP contribution is 2.26. The molecule has 0 saturated heterocycles. The van der Waals surface area contributed by atoms with Crippen molar-refractivity contribution >= 4 is 27.7 Å². The van der Waals surface area contributed by atoms with Gasteiger partial charge in [-0.25, -0.2) is 0 Å². The molecule has 1 unspecified atom stereocenters. The molecule has 0 bridgehead atoms. The fourth-order valence-corrected chi connectivity index (χ4v) is 3.27. The van der Waals surface area contributed by atoms with Gasteiger partial charge in [-0.2, -0.15) is 11.8 Å². The summed E-state index contributed by atoms with van der Waals surface area (Å²) in [6.07, 6.45) is 4.01. The summed E-state index contributed by atoms with van der Waals surface area (Å²) >= 11 is 5.62. The Kier molecular flexibility index (Phi) is 6.06. The molecule has 1 nitrogen and oxygen atoms in total. The van der Waals surface area contributed by atoms with E-state index in [1.165, 1.54) is 40.8 Å². The van der Waals surface area contributed by atoms with Crippen molar-refractivity contribution in [2.75, 3.05) is 18.1 Å². The first-order valence-electron chi connectivity index (χ1n) is 6.86. The SMILES string of the molecule is CCSCCC(CNC1CC1)c1cccc(Br)c1. The van der Waals surface area contributed by atoms with E-state index in [2.05, 4.69) is 52.4 Å². The first kappa shape index (κ1) is 14.4. The maximum absolute atomic E-state index is 3.68. The normalized spacial score (nSPS) is 16.8. The van der Waals surface area contributed by atoms with E-state index in [1.807, 2.05) is 11.8 Å². The van der Waals surface area contributed by atoms with E-state index in [-0.39, 0.29) is 0 Å². The van der Waals surface area contributed by atoms with Crippen molar-refractivity contribution in [3.05, 3.63) is 34.3 Å². The Bertz CT molecular complexity index is 365. The zero-order chi connectivity index (χ0) is 12.8. The molecule has 1 N–H and O–H groups in total. The third-order valence-electron chi connectivity index (χ3n) is 3.37. The lowest BCUT2D eigenvalue weighted by Crippen LogP contribution is -2.24. The number of benzene rings is 1. The summed E-state index contributed by atoms with van der Waals surface area (Å²) in [5.41, 5.74) is 1.47. The minimum atomic E-state index is 0.655. The minimum absolute atomic E-state index is 0.655. The summed E-state index contributed by atoms with van der Waals surface area (Å²) in [4.78, 5) is 0. The van der Waals surface area contributed by atoms with Crippen LogP contribution in [-0.4, -0.2) is 24.1 Å². The van der Waals surface area contributed by atoms with Gasteiger partial charge in [0.2, 0.25) is 0 Å². The number of rotatable bonds is 8. The zero-order valence-corrected chi connectivity index (χ0v) is 13.4. The van der Waals surface area contributed by atoms with Gasteiger partial charge in [-0.1, -0.05) is 35.0 Å². The molecule has 0 spiro atoms. The number of thioether (sulfide) groups is 1. The lowest BCUT2D eigenvalue weighted by molar-refractivity contribution is 0.570. The van der Waals surface area contributed by atoms with Crippen molar-refractivity contribution < 1.29 is 0 Å². The van der Waals surface area contributed by atoms with Crippen LogP contribution in [0.5, 0.6) is 0 Å². The van der Waals surface area contributed by atoms with E-state index in [4.69, 9.17) is 0 Å².